The van der Waals surface area contributed by atoms with E-state index < -0.39 is 23.6 Å². The van der Waals surface area contributed by atoms with Gasteiger partial charge < -0.3 is 46.2 Å². The van der Waals surface area contributed by atoms with E-state index in [-0.39, 0.29) is 62.3 Å². The van der Waals surface area contributed by atoms with Crippen LogP contribution in [0.15, 0.2) is 12.1 Å². The number of rotatable bonds is 14. The first kappa shape index (κ1) is 24.8. The molecule has 1 atom stereocenters. The zero-order chi connectivity index (χ0) is 22.5. The van der Waals surface area contributed by atoms with Crippen molar-refractivity contribution in [1.29, 1.82) is 0 Å². The van der Waals surface area contributed by atoms with Crippen molar-refractivity contribution in [2.24, 2.45) is 11.5 Å². The maximum Gasteiger partial charge on any atom is 0.256 e. The number of amides is 3. The minimum atomic E-state index is -0.906. The van der Waals surface area contributed by atoms with Gasteiger partial charge in [-0.25, -0.2) is 0 Å². The molecule has 7 N–H and O–H groups in total. The summed E-state index contributed by atoms with van der Waals surface area (Å²) in [5, 5.41) is 15.0. The maximum absolute atomic E-state index is 11.9. The highest BCUT2D eigenvalue weighted by atomic mass is 16.5. The van der Waals surface area contributed by atoms with Gasteiger partial charge in [-0.15, -0.1) is 0 Å². The summed E-state index contributed by atoms with van der Waals surface area (Å²) < 4.78 is 15.3. The third kappa shape index (κ3) is 8.43. The lowest BCUT2D eigenvalue weighted by molar-refractivity contribution is -0.123. The van der Waals surface area contributed by atoms with Crippen LogP contribution in [0.4, 0.5) is 5.69 Å². The number of aromatic hydroxyl groups is 1. The molecule has 0 aliphatic rings. The lowest BCUT2D eigenvalue weighted by atomic mass is 10.1. The van der Waals surface area contributed by atoms with E-state index in [9.17, 15) is 24.3 Å². The third-order valence-corrected chi connectivity index (χ3v) is 3.65. The van der Waals surface area contributed by atoms with Gasteiger partial charge in [0.1, 0.15) is 24.2 Å². The predicted molar refractivity (Wildman–Crippen MR) is 105 cm³/mol. The van der Waals surface area contributed by atoms with Gasteiger partial charge >= 0.3 is 0 Å². The molecule has 12 nitrogen and oxygen atoms in total. The molecule has 0 aliphatic heterocycles. The third-order valence-electron chi connectivity index (χ3n) is 3.65. The summed E-state index contributed by atoms with van der Waals surface area (Å²) in [6.07, 6.45) is 0.405. The van der Waals surface area contributed by atoms with Crippen molar-refractivity contribution in [1.82, 2.24) is 5.32 Å². The number of methoxy groups -OCH3 is 1. The molecule has 1 unspecified atom stereocenters. The molecule has 0 aliphatic carbocycles. The van der Waals surface area contributed by atoms with Crippen LogP contribution in [0.2, 0.25) is 0 Å². The van der Waals surface area contributed by atoms with Gasteiger partial charge in [0, 0.05) is 13.0 Å². The summed E-state index contributed by atoms with van der Waals surface area (Å²) in [6.45, 7) is 0.424. The number of carbonyl (C=O) groups is 4. The molecule has 0 saturated heterocycles. The minimum Gasteiger partial charge on any atom is -0.505 e. The Hall–Kier alpha value is -3.22. The minimum absolute atomic E-state index is 0.0144. The highest BCUT2D eigenvalue weighted by Gasteiger charge is 2.19. The smallest absolute Gasteiger partial charge is 0.256 e. The van der Waals surface area contributed by atoms with Crippen molar-refractivity contribution in [2.45, 2.75) is 12.5 Å². The molecule has 0 saturated carbocycles. The van der Waals surface area contributed by atoms with Gasteiger partial charge in [0.2, 0.25) is 11.8 Å². The quantitative estimate of drug-likeness (QED) is 0.134. The average molecular weight is 426 g/mol. The zero-order valence-electron chi connectivity index (χ0n) is 16.5. The second kappa shape index (κ2) is 13.1. The molecule has 0 fully saturated rings. The Kier molecular flexibility index (Phi) is 10.8. The number of ether oxygens (including phenoxy) is 3. The summed E-state index contributed by atoms with van der Waals surface area (Å²) in [7, 11) is 1.31. The van der Waals surface area contributed by atoms with Crippen LogP contribution in [0, 0.1) is 0 Å². The molecule has 1 rings (SSSR count). The van der Waals surface area contributed by atoms with Crippen LogP contribution in [0.3, 0.4) is 0 Å². The van der Waals surface area contributed by atoms with Crippen molar-refractivity contribution >= 4 is 29.7 Å². The van der Waals surface area contributed by atoms with Crippen molar-refractivity contribution < 1.29 is 38.5 Å². The number of aldehydes is 1. The fraction of sp³-hybridized carbons (Fsp3) is 0.444. The Morgan fingerprint density at radius 2 is 1.87 bits per heavy atom. The first-order valence-corrected chi connectivity index (χ1v) is 8.92. The zero-order valence-corrected chi connectivity index (χ0v) is 16.5. The van der Waals surface area contributed by atoms with Gasteiger partial charge in [0.05, 0.1) is 38.7 Å². The van der Waals surface area contributed by atoms with E-state index in [1.807, 2.05) is 0 Å². The summed E-state index contributed by atoms with van der Waals surface area (Å²) in [6, 6.07) is 1.92. The fourth-order valence-corrected chi connectivity index (χ4v) is 2.25. The van der Waals surface area contributed by atoms with Crippen LogP contribution in [-0.4, -0.2) is 75.2 Å². The number of carbonyl (C=O) groups excluding carboxylic acids is 4. The van der Waals surface area contributed by atoms with Crippen LogP contribution < -0.4 is 26.8 Å². The molecule has 0 radical (unpaired) electrons. The van der Waals surface area contributed by atoms with Gasteiger partial charge in [-0.3, -0.25) is 14.4 Å². The Labute approximate surface area is 172 Å². The molecule has 30 heavy (non-hydrogen) atoms. The van der Waals surface area contributed by atoms with E-state index in [2.05, 4.69) is 10.6 Å². The van der Waals surface area contributed by atoms with Crippen LogP contribution in [-0.2, 0) is 23.9 Å². The number of anilines is 1. The number of benzene rings is 1. The number of nitrogens with two attached hydrogens (primary N) is 2. The van der Waals surface area contributed by atoms with E-state index >= 15 is 0 Å². The summed E-state index contributed by atoms with van der Waals surface area (Å²) in [4.78, 5) is 45.1. The molecular weight excluding hydrogens is 400 g/mol. The normalized spacial score (nSPS) is 11.4. The average Bonchev–Trinajstić information content (AvgIpc) is 2.70. The first-order valence-electron chi connectivity index (χ1n) is 8.92. The predicted octanol–water partition coefficient (Wildman–Crippen LogP) is -1.50. The second-order valence-corrected chi connectivity index (χ2v) is 5.97. The van der Waals surface area contributed by atoms with Gasteiger partial charge in [0.25, 0.3) is 5.91 Å². The molecular formula is C18H26N4O8. The largest absolute Gasteiger partial charge is 0.505 e. The summed E-state index contributed by atoms with van der Waals surface area (Å²) >= 11 is 0. The van der Waals surface area contributed by atoms with Crippen molar-refractivity contribution in [3.63, 3.8) is 0 Å². The van der Waals surface area contributed by atoms with Crippen LogP contribution in [0.25, 0.3) is 0 Å². The van der Waals surface area contributed by atoms with Crippen molar-refractivity contribution in [3.05, 3.63) is 17.7 Å². The van der Waals surface area contributed by atoms with Crippen molar-refractivity contribution in [2.75, 3.05) is 45.4 Å². The van der Waals surface area contributed by atoms with Gasteiger partial charge in [-0.1, -0.05) is 0 Å². The summed E-state index contributed by atoms with van der Waals surface area (Å²) in [5.41, 5.74) is 10.3. The van der Waals surface area contributed by atoms with E-state index in [0.717, 1.165) is 0 Å². The monoisotopic (exact) mass is 426 g/mol. The van der Waals surface area contributed by atoms with Crippen molar-refractivity contribution in [3.8, 4) is 11.5 Å². The Morgan fingerprint density at radius 3 is 2.50 bits per heavy atom. The lowest BCUT2D eigenvalue weighted by Crippen LogP contribution is -2.34. The molecule has 0 heterocycles. The van der Waals surface area contributed by atoms with E-state index in [1.165, 1.54) is 19.2 Å². The van der Waals surface area contributed by atoms with Crippen LogP contribution in [0.1, 0.15) is 16.8 Å². The Bertz CT molecular complexity index is 756. The second-order valence-electron chi connectivity index (χ2n) is 5.97. The van der Waals surface area contributed by atoms with E-state index in [4.69, 9.17) is 25.7 Å². The Morgan fingerprint density at radius 1 is 1.17 bits per heavy atom. The molecule has 1 aromatic rings. The van der Waals surface area contributed by atoms with Gasteiger partial charge in [-0.05, 0) is 12.1 Å². The first-order chi connectivity index (χ1) is 14.3. The number of hydrogen-bond donors (Lipinski definition) is 5. The Balaban J connectivity index is 2.26. The molecule has 3 amide bonds. The van der Waals surface area contributed by atoms with E-state index in [1.54, 1.807) is 0 Å². The highest BCUT2D eigenvalue weighted by Crippen LogP contribution is 2.34. The highest BCUT2D eigenvalue weighted by molar-refractivity contribution is 6.02. The number of primary amides is 1. The van der Waals surface area contributed by atoms with Gasteiger partial charge in [0.15, 0.2) is 5.75 Å². The standard InChI is InChI=1S/C18H26N4O8/c1-28-13-3-2-12(17(26)16(13)18(20)27)22-15(25)10-30-7-6-29-5-4-21-14(24)8-11(19)9-23/h2-3,9,11,26H,4-8,10,19H2,1H3,(H2,20,27)(H,21,24)(H,22,25). The fourth-order valence-electron chi connectivity index (χ4n) is 2.25. The SMILES string of the molecule is COc1ccc(NC(=O)COCCOCCNC(=O)CC(N)C=O)c(O)c1C(N)=O. The molecule has 1 aromatic carbocycles. The van der Waals surface area contributed by atoms with E-state index in [0.29, 0.717) is 6.29 Å². The van der Waals surface area contributed by atoms with Crippen LogP contribution >= 0.6 is 0 Å². The molecule has 0 spiro atoms. The molecule has 12 heteroatoms. The topological polar surface area (TPSA) is 192 Å². The van der Waals surface area contributed by atoms with Crippen LogP contribution in [0.5, 0.6) is 11.5 Å². The number of nitrogens with one attached hydrogen (secondary N) is 2. The molecule has 166 valence electrons. The lowest BCUT2D eigenvalue weighted by Gasteiger charge is -2.13. The summed E-state index contributed by atoms with van der Waals surface area (Å²) in [5.74, 6) is -2.25. The number of hydrogen-bond acceptors (Lipinski definition) is 9. The van der Waals surface area contributed by atoms with Gasteiger partial charge in [-0.2, -0.15) is 0 Å². The maximum atomic E-state index is 11.9. The number of phenols is 1. The molecule has 0 bridgehead atoms. The molecule has 0 aromatic heterocycles.